The molecule has 3 rings (SSSR count). The van der Waals surface area contributed by atoms with Crippen LogP contribution in [0.5, 0.6) is 0 Å². The molecule has 0 saturated carbocycles. The van der Waals surface area contributed by atoms with Gasteiger partial charge in [0.05, 0.1) is 9.16 Å². The monoisotopic (exact) mass is 340 g/mol. The van der Waals surface area contributed by atoms with Crippen LogP contribution in [0.1, 0.15) is 26.4 Å². The highest BCUT2D eigenvalue weighted by atomic mass is 79.9. The van der Waals surface area contributed by atoms with Gasteiger partial charge in [0.2, 0.25) is 0 Å². The third-order valence-corrected chi connectivity index (χ3v) is 6.83. The summed E-state index contributed by atoms with van der Waals surface area (Å²) in [6.07, 6.45) is 2.33. The molecule has 0 saturated heterocycles. The molecule has 0 aliphatic heterocycles. The van der Waals surface area contributed by atoms with Crippen molar-refractivity contribution in [2.24, 2.45) is 5.92 Å². The van der Waals surface area contributed by atoms with E-state index in [1.165, 1.54) is 34.4 Å². The molecule has 3 heteroatoms. The van der Waals surface area contributed by atoms with Crippen molar-refractivity contribution >= 4 is 38.9 Å². The number of alkyl halides is 1. The Morgan fingerprint density at radius 3 is 2.39 bits per heavy atom. The molecule has 1 unspecified atom stereocenters. The Morgan fingerprint density at radius 2 is 1.89 bits per heavy atom. The lowest BCUT2D eigenvalue weighted by Gasteiger charge is -2.15. The van der Waals surface area contributed by atoms with Crippen LogP contribution in [0.3, 0.4) is 0 Å². The zero-order chi connectivity index (χ0) is 12.7. The smallest absolute Gasteiger partial charge is 0.0960 e. The normalized spacial score (nSPS) is 16.8. The van der Waals surface area contributed by atoms with Gasteiger partial charge in [-0.15, -0.1) is 11.3 Å². The first-order valence-corrected chi connectivity index (χ1v) is 8.23. The zero-order valence-electron chi connectivity index (χ0n) is 10.1. The van der Waals surface area contributed by atoms with E-state index in [0.717, 1.165) is 4.34 Å². The minimum absolute atomic E-state index is 0.418. The summed E-state index contributed by atoms with van der Waals surface area (Å²) in [5.41, 5.74) is 4.20. The summed E-state index contributed by atoms with van der Waals surface area (Å²) in [6, 6.07) is 11.0. The number of rotatable bonds is 2. The van der Waals surface area contributed by atoms with Gasteiger partial charge in [0.25, 0.3) is 0 Å². The summed E-state index contributed by atoms with van der Waals surface area (Å²) in [4.78, 5) is 1.77. The molecule has 0 radical (unpaired) electrons. The van der Waals surface area contributed by atoms with Crippen LogP contribution in [0.25, 0.3) is 0 Å². The third kappa shape index (κ3) is 2.26. The topological polar surface area (TPSA) is 0 Å². The second-order valence-corrected chi connectivity index (χ2v) is 7.62. The number of benzene rings is 1. The van der Waals surface area contributed by atoms with Gasteiger partial charge in [-0.2, -0.15) is 0 Å². The number of thiophene rings is 1. The Morgan fingerprint density at radius 1 is 1.28 bits per heavy atom. The highest BCUT2D eigenvalue weighted by Crippen LogP contribution is 2.44. The fraction of sp³-hybridized carbons (Fsp3) is 0.333. The van der Waals surface area contributed by atoms with Gasteiger partial charge in [0.1, 0.15) is 0 Å². The van der Waals surface area contributed by atoms with E-state index in [0.29, 0.717) is 10.7 Å². The van der Waals surface area contributed by atoms with E-state index in [2.05, 4.69) is 53.2 Å². The van der Waals surface area contributed by atoms with Crippen molar-refractivity contribution in [1.82, 2.24) is 0 Å². The highest BCUT2D eigenvalue weighted by Gasteiger charge is 2.29. The highest BCUT2D eigenvalue weighted by molar-refractivity contribution is 9.09. The zero-order valence-corrected chi connectivity index (χ0v) is 13.3. The molecule has 1 aliphatic rings. The van der Waals surface area contributed by atoms with Crippen molar-refractivity contribution in [3.63, 3.8) is 0 Å². The molecular weight excluding hydrogens is 328 g/mol. The molecule has 2 aromatic rings. The van der Waals surface area contributed by atoms with Crippen LogP contribution >= 0.6 is 38.9 Å². The number of fused-ring (bicyclic) bond motifs is 1. The molecule has 1 heterocycles. The predicted octanol–water partition coefficient (Wildman–Crippen LogP) is 5.56. The maximum atomic E-state index is 6.17. The maximum Gasteiger partial charge on any atom is 0.0960 e. The first-order valence-electron chi connectivity index (χ1n) is 6.12. The average Bonchev–Trinajstić information content (AvgIpc) is 2.93. The van der Waals surface area contributed by atoms with Gasteiger partial charge in [-0.25, -0.2) is 0 Å². The fourth-order valence-corrected chi connectivity index (χ4v) is 4.73. The van der Waals surface area contributed by atoms with Gasteiger partial charge in [-0.05, 0) is 48.4 Å². The maximum absolute atomic E-state index is 6.17. The van der Waals surface area contributed by atoms with Gasteiger partial charge in [-0.1, -0.05) is 51.8 Å². The molecule has 1 aromatic carbocycles. The van der Waals surface area contributed by atoms with E-state index in [-0.39, 0.29) is 0 Å². The van der Waals surface area contributed by atoms with Gasteiger partial charge in [-0.3, -0.25) is 0 Å². The quantitative estimate of drug-likeness (QED) is 0.627. The van der Waals surface area contributed by atoms with Crippen LogP contribution in [-0.2, 0) is 12.8 Å². The Bertz CT molecular complexity index is 531. The first-order chi connectivity index (χ1) is 8.65. The minimum atomic E-state index is 0.418. The van der Waals surface area contributed by atoms with Crippen LogP contribution in [0.4, 0.5) is 0 Å². The molecule has 0 N–H and O–H groups in total. The standard InChI is InChI=1S/C15H14BrClS/c1-9-6-13(18-15(9)17)14(16)12-7-10-4-2-3-5-11(10)8-12/h2-6,12,14H,7-8H2,1H3. The van der Waals surface area contributed by atoms with E-state index in [1.807, 2.05) is 0 Å². The minimum Gasteiger partial charge on any atom is -0.127 e. The van der Waals surface area contributed by atoms with Gasteiger partial charge < -0.3 is 0 Å². The summed E-state index contributed by atoms with van der Waals surface area (Å²) in [6.45, 7) is 2.07. The summed E-state index contributed by atoms with van der Waals surface area (Å²) in [7, 11) is 0. The molecular formula is C15H14BrClS. The molecule has 0 amide bonds. The Labute approximate surface area is 125 Å². The first kappa shape index (κ1) is 12.7. The fourth-order valence-electron chi connectivity index (χ4n) is 2.65. The molecule has 94 valence electrons. The van der Waals surface area contributed by atoms with Crippen molar-refractivity contribution in [2.45, 2.75) is 24.6 Å². The lowest BCUT2D eigenvalue weighted by atomic mass is 10.0. The summed E-state index contributed by atoms with van der Waals surface area (Å²) >= 11 is 11.7. The molecule has 1 aliphatic carbocycles. The van der Waals surface area contributed by atoms with Crippen LogP contribution in [0, 0.1) is 12.8 Å². The van der Waals surface area contributed by atoms with Crippen LogP contribution in [0.2, 0.25) is 4.34 Å². The molecule has 0 bridgehead atoms. The van der Waals surface area contributed by atoms with E-state index in [1.54, 1.807) is 11.3 Å². The predicted molar refractivity (Wildman–Crippen MR) is 83.1 cm³/mol. The molecule has 0 spiro atoms. The van der Waals surface area contributed by atoms with Crippen molar-refractivity contribution in [2.75, 3.05) is 0 Å². The lowest BCUT2D eigenvalue weighted by molar-refractivity contribution is 0.559. The van der Waals surface area contributed by atoms with Crippen molar-refractivity contribution in [3.05, 3.63) is 56.2 Å². The number of aryl methyl sites for hydroxylation is 1. The van der Waals surface area contributed by atoms with E-state index >= 15 is 0 Å². The second kappa shape index (κ2) is 4.99. The van der Waals surface area contributed by atoms with E-state index < -0.39 is 0 Å². The van der Waals surface area contributed by atoms with Crippen LogP contribution in [0.15, 0.2) is 30.3 Å². The number of hydrogen-bond acceptors (Lipinski definition) is 1. The molecule has 1 aromatic heterocycles. The Hall–Kier alpha value is -0.310. The Balaban J connectivity index is 1.82. The largest absolute Gasteiger partial charge is 0.127 e. The molecule has 0 fully saturated rings. The summed E-state index contributed by atoms with van der Waals surface area (Å²) < 4.78 is 0.921. The van der Waals surface area contributed by atoms with Crippen molar-refractivity contribution < 1.29 is 0 Å². The van der Waals surface area contributed by atoms with Crippen molar-refractivity contribution in [3.8, 4) is 0 Å². The van der Waals surface area contributed by atoms with Gasteiger partial charge in [0.15, 0.2) is 0 Å². The lowest BCUT2D eigenvalue weighted by Crippen LogP contribution is -2.06. The average molecular weight is 342 g/mol. The van der Waals surface area contributed by atoms with Gasteiger partial charge in [0, 0.05) is 4.88 Å². The SMILES string of the molecule is Cc1cc(C(Br)C2Cc3ccccc3C2)sc1Cl. The molecule has 1 atom stereocenters. The number of hydrogen-bond donors (Lipinski definition) is 0. The third-order valence-electron chi connectivity index (χ3n) is 3.64. The summed E-state index contributed by atoms with van der Waals surface area (Å²) in [5, 5.41) is 0. The van der Waals surface area contributed by atoms with Gasteiger partial charge >= 0.3 is 0 Å². The van der Waals surface area contributed by atoms with Crippen molar-refractivity contribution in [1.29, 1.82) is 0 Å². The van der Waals surface area contributed by atoms with E-state index in [9.17, 15) is 0 Å². The Kier molecular flexibility index (Phi) is 3.52. The second-order valence-electron chi connectivity index (χ2n) is 4.94. The summed E-state index contributed by atoms with van der Waals surface area (Å²) in [5.74, 6) is 0.650. The van der Waals surface area contributed by atoms with Crippen LogP contribution in [-0.4, -0.2) is 0 Å². The number of halogens is 2. The molecule has 0 nitrogen and oxygen atoms in total. The van der Waals surface area contributed by atoms with Crippen LogP contribution < -0.4 is 0 Å². The van der Waals surface area contributed by atoms with E-state index in [4.69, 9.17) is 11.6 Å². The molecule has 18 heavy (non-hydrogen) atoms.